The maximum atomic E-state index is 13.2. The largest absolute Gasteiger partial charge is 0.481 e. The van der Waals surface area contributed by atoms with Crippen molar-refractivity contribution in [2.45, 2.75) is 0 Å². The van der Waals surface area contributed by atoms with E-state index in [1.807, 2.05) is 0 Å². The molecule has 0 fully saturated rings. The molecule has 0 bridgehead atoms. The normalized spacial score (nSPS) is 10.5. The third-order valence-corrected chi connectivity index (χ3v) is 3.50. The lowest BCUT2D eigenvalue weighted by Gasteiger charge is -2.09. The van der Waals surface area contributed by atoms with Gasteiger partial charge in [-0.05, 0) is 23.8 Å². The van der Waals surface area contributed by atoms with Gasteiger partial charge in [-0.15, -0.1) is 0 Å². The van der Waals surface area contributed by atoms with Gasteiger partial charge in [0.2, 0.25) is 5.88 Å². The second-order valence-corrected chi connectivity index (χ2v) is 4.66. The van der Waals surface area contributed by atoms with Crippen LogP contribution in [0.4, 0.5) is 4.39 Å². The van der Waals surface area contributed by atoms with E-state index < -0.39 is 5.82 Å². The van der Waals surface area contributed by atoms with E-state index in [1.54, 1.807) is 12.1 Å². The minimum Gasteiger partial charge on any atom is -0.481 e. The van der Waals surface area contributed by atoms with Crippen LogP contribution in [0, 0.1) is 5.82 Å². The molecule has 1 heterocycles. The van der Waals surface area contributed by atoms with E-state index in [1.165, 1.54) is 13.2 Å². The standard InChI is InChI=1S/C12H7Cl3FNO/c1-18-12-8(4-7(16)5-17-12)6-2-9(13)11(15)10(14)3-6/h2-5H,1H3. The quantitative estimate of drug-likeness (QED) is 0.739. The lowest BCUT2D eigenvalue weighted by atomic mass is 10.1. The first-order valence-corrected chi connectivity index (χ1v) is 6.00. The lowest BCUT2D eigenvalue weighted by molar-refractivity contribution is 0.397. The van der Waals surface area contributed by atoms with Gasteiger partial charge in [-0.3, -0.25) is 0 Å². The van der Waals surface area contributed by atoms with E-state index in [-0.39, 0.29) is 20.9 Å². The van der Waals surface area contributed by atoms with E-state index in [4.69, 9.17) is 39.5 Å². The maximum Gasteiger partial charge on any atom is 0.221 e. The fraction of sp³-hybridized carbons (Fsp3) is 0.0833. The molecule has 2 aromatic rings. The summed E-state index contributed by atoms with van der Waals surface area (Å²) in [6.45, 7) is 0. The maximum absolute atomic E-state index is 13.2. The van der Waals surface area contributed by atoms with E-state index >= 15 is 0 Å². The number of hydrogen-bond donors (Lipinski definition) is 0. The Balaban J connectivity index is 2.65. The lowest BCUT2D eigenvalue weighted by Crippen LogP contribution is -1.93. The molecule has 0 spiro atoms. The zero-order valence-corrected chi connectivity index (χ0v) is 11.4. The second kappa shape index (κ2) is 5.31. The van der Waals surface area contributed by atoms with E-state index in [0.717, 1.165) is 6.20 Å². The number of halogens is 4. The van der Waals surface area contributed by atoms with Gasteiger partial charge in [0.05, 0.1) is 28.4 Å². The van der Waals surface area contributed by atoms with Crippen LogP contribution < -0.4 is 4.74 Å². The predicted molar refractivity (Wildman–Crippen MR) is 71.2 cm³/mol. The Hall–Kier alpha value is -1.03. The molecule has 6 heteroatoms. The fourth-order valence-corrected chi connectivity index (χ4v) is 2.10. The van der Waals surface area contributed by atoms with Gasteiger partial charge in [0, 0.05) is 5.56 Å². The van der Waals surface area contributed by atoms with Crippen molar-refractivity contribution >= 4 is 34.8 Å². The van der Waals surface area contributed by atoms with E-state index in [2.05, 4.69) is 4.98 Å². The smallest absolute Gasteiger partial charge is 0.221 e. The molecule has 0 atom stereocenters. The molecule has 2 rings (SSSR count). The Morgan fingerprint density at radius 2 is 1.72 bits per heavy atom. The molecule has 1 aromatic heterocycles. The molecule has 2 nitrogen and oxygen atoms in total. The molecular formula is C12H7Cl3FNO. The molecular weight excluding hydrogens is 299 g/mol. The van der Waals surface area contributed by atoms with Gasteiger partial charge in [0.1, 0.15) is 5.82 Å². The van der Waals surface area contributed by atoms with Gasteiger partial charge in [0.25, 0.3) is 0 Å². The van der Waals surface area contributed by atoms with Gasteiger partial charge in [0.15, 0.2) is 0 Å². The molecule has 94 valence electrons. The highest BCUT2D eigenvalue weighted by atomic mass is 35.5. The third-order valence-electron chi connectivity index (χ3n) is 2.31. The van der Waals surface area contributed by atoms with Crippen molar-refractivity contribution in [3.8, 4) is 17.0 Å². The summed E-state index contributed by atoms with van der Waals surface area (Å²) in [7, 11) is 1.45. The zero-order chi connectivity index (χ0) is 13.3. The average molecular weight is 307 g/mol. The van der Waals surface area contributed by atoms with Crippen molar-refractivity contribution in [3.05, 3.63) is 45.3 Å². The molecule has 0 N–H and O–H groups in total. The highest BCUT2D eigenvalue weighted by molar-refractivity contribution is 6.48. The number of ether oxygens (including phenoxy) is 1. The Labute approximate surface area is 118 Å². The van der Waals surface area contributed by atoms with Crippen LogP contribution in [0.3, 0.4) is 0 Å². The van der Waals surface area contributed by atoms with Crippen molar-refractivity contribution in [1.29, 1.82) is 0 Å². The fourth-order valence-electron chi connectivity index (χ4n) is 1.51. The van der Waals surface area contributed by atoms with Crippen LogP contribution in [0.2, 0.25) is 15.1 Å². The minimum absolute atomic E-state index is 0.255. The minimum atomic E-state index is -0.479. The molecule has 0 radical (unpaired) electrons. The highest BCUT2D eigenvalue weighted by Gasteiger charge is 2.13. The summed E-state index contributed by atoms with van der Waals surface area (Å²) in [6, 6.07) is 4.45. The molecule has 0 saturated heterocycles. The van der Waals surface area contributed by atoms with Crippen LogP contribution >= 0.6 is 34.8 Å². The first-order chi connectivity index (χ1) is 8.52. The van der Waals surface area contributed by atoms with Crippen molar-refractivity contribution in [1.82, 2.24) is 4.98 Å². The average Bonchev–Trinajstić information content (AvgIpc) is 2.35. The Kier molecular flexibility index (Phi) is 3.95. The van der Waals surface area contributed by atoms with E-state index in [9.17, 15) is 4.39 Å². The molecule has 18 heavy (non-hydrogen) atoms. The molecule has 0 saturated carbocycles. The molecule has 0 unspecified atom stereocenters. The van der Waals surface area contributed by atoms with Gasteiger partial charge < -0.3 is 4.74 Å². The molecule has 0 amide bonds. The first-order valence-electron chi connectivity index (χ1n) is 4.87. The third kappa shape index (κ3) is 2.53. The van der Waals surface area contributed by atoms with Crippen molar-refractivity contribution in [2.24, 2.45) is 0 Å². The number of hydrogen-bond acceptors (Lipinski definition) is 2. The Morgan fingerprint density at radius 3 is 2.28 bits per heavy atom. The number of pyridine rings is 1. The topological polar surface area (TPSA) is 22.1 Å². The van der Waals surface area contributed by atoms with Gasteiger partial charge in [-0.2, -0.15) is 0 Å². The Morgan fingerprint density at radius 1 is 1.11 bits per heavy atom. The molecule has 0 aliphatic rings. The summed E-state index contributed by atoms with van der Waals surface area (Å²) < 4.78 is 18.3. The molecule has 1 aromatic carbocycles. The number of aromatic nitrogens is 1. The monoisotopic (exact) mass is 305 g/mol. The van der Waals surface area contributed by atoms with Crippen LogP contribution in [0.15, 0.2) is 24.4 Å². The Bertz CT molecular complexity index is 581. The zero-order valence-electron chi connectivity index (χ0n) is 9.18. The first kappa shape index (κ1) is 13.4. The van der Waals surface area contributed by atoms with Crippen molar-refractivity contribution < 1.29 is 9.13 Å². The SMILES string of the molecule is COc1ncc(F)cc1-c1cc(Cl)c(Cl)c(Cl)c1. The van der Waals surface area contributed by atoms with Crippen LogP contribution in [0.25, 0.3) is 11.1 Å². The van der Waals surface area contributed by atoms with Crippen molar-refractivity contribution in [2.75, 3.05) is 7.11 Å². The summed E-state index contributed by atoms with van der Waals surface area (Å²) in [5.41, 5.74) is 1.04. The van der Waals surface area contributed by atoms with Crippen LogP contribution in [-0.4, -0.2) is 12.1 Å². The number of rotatable bonds is 2. The van der Waals surface area contributed by atoms with Gasteiger partial charge >= 0.3 is 0 Å². The second-order valence-electron chi connectivity index (χ2n) is 3.46. The summed E-state index contributed by atoms with van der Waals surface area (Å²) in [4.78, 5) is 3.84. The highest BCUT2D eigenvalue weighted by Crippen LogP contribution is 2.37. The molecule has 0 aliphatic heterocycles. The van der Waals surface area contributed by atoms with E-state index in [0.29, 0.717) is 11.1 Å². The van der Waals surface area contributed by atoms with Gasteiger partial charge in [-0.25, -0.2) is 9.37 Å². The van der Waals surface area contributed by atoms with Crippen LogP contribution in [-0.2, 0) is 0 Å². The van der Waals surface area contributed by atoms with Crippen molar-refractivity contribution in [3.63, 3.8) is 0 Å². The number of benzene rings is 1. The summed E-state index contributed by atoms with van der Waals surface area (Å²) in [5, 5.41) is 0.821. The van der Waals surface area contributed by atoms with Crippen LogP contribution in [0.1, 0.15) is 0 Å². The van der Waals surface area contributed by atoms with Gasteiger partial charge in [-0.1, -0.05) is 34.8 Å². The number of methoxy groups -OCH3 is 1. The summed E-state index contributed by atoms with van der Waals surface area (Å²) >= 11 is 17.7. The molecule has 0 aliphatic carbocycles. The summed E-state index contributed by atoms with van der Waals surface area (Å²) in [6.07, 6.45) is 1.07. The summed E-state index contributed by atoms with van der Waals surface area (Å²) in [5.74, 6) is -0.196. The van der Waals surface area contributed by atoms with Crippen LogP contribution in [0.5, 0.6) is 5.88 Å². The number of nitrogens with zero attached hydrogens (tertiary/aromatic N) is 1. The predicted octanol–water partition coefficient (Wildman–Crippen LogP) is 4.86.